The highest BCUT2D eigenvalue weighted by Crippen LogP contribution is 2.23. The Bertz CT molecular complexity index is 186. The Morgan fingerprint density at radius 3 is 2.83 bits per heavy atom. The molecule has 0 heterocycles. The molecule has 1 rings (SSSR count). The number of carbonyl (C=O) groups is 2. The third-order valence-corrected chi connectivity index (χ3v) is 2.36. The van der Waals surface area contributed by atoms with Gasteiger partial charge in [-0.15, -0.1) is 0 Å². The fraction of sp³-hybridized carbons (Fsp3) is 0.778. The Morgan fingerprint density at radius 1 is 1.42 bits per heavy atom. The van der Waals surface area contributed by atoms with Gasteiger partial charge in [-0.3, -0.25) is 9.59 Å². The number of carboxylic acid groups (broad SMARTS) is 1. The van der Waals surface area contributed by atoms with Crippen LogP contribution in [0.5, 0.6) is 0 Å². The smallest absolute Gasteiger partial charge is 0.303 e. The minimum atomic E-state index is -0.741. The van der Waals surface area contributed by atoms with E-state index in [-0.39, 0.29) is 12.3 Å². The largest absolute Gasteiger partial charge is 0.481 e. The summed E-state index contributed by atoms with van der Waals surface area (Å²) in [6, 6.07) is 0. The van der Waals surface area contributed by atoms with Crippen molar-refractivity contribution < 1.29 is 14.7 Å². The van der Waals surface area contributed by atoms with Crippen LogP contribution in [0.15, 0.2) is 0 Å². The van der Waals surface area contributed by atoms with Crippen LogP contribution >= 0.6 is 0 Å². The Hall–Kier alpha value is -0.860. The molecular weight excluding hydrogens is 156 g/mol. The number of carboxylic acids is 1. The summed E-state index contributed by atoms with van der Waals surface area (Å²) in [5, 5.41) is 8.54. The molecule has 0 amide bonds. The topological polar surface area (TPSA) is 54.4 Å². The predicted molar refractivity (Wildman–Crippen MR) is 43.8 cm³/mol. The predicted octanol–water partition coefficient (Wildman–Crippen LogP) is 1.61. The monoisotopic (exact) mass is 170 g/mol. The van der Waals surface area contributed by atoms with Crippen LogP contribution < -0.4 is 0 Å². The zero-order valence-corrected chi connectivity index (χ0v) is 7.08. The molecule has 0 aromatic rings. The maximum atomic E-state index is 11.0. The lowest BCUT2D eigenvalue weighted by molar-refractivity contribution is -0.138. The van der Waals surface area contributed by atoms with Gasteiger partial charge in [-0.05, 0) is 25.2 Å². The SMILES string of the molecule is O=C(O)CC1CCCC(=O)CC1. The number of Topliss-reactive ketones (excluding diaryl/α,β-unsaturated/α-hetero) is 1. The summed E-state index contributed by atoms with van der Waals surface area (Å²) in [6.45, 7) is 0. The third-order valence-electron chi connectivity index (χ3n) is 2.36. The molecule has 1 saturated carbocycles. The Labute approximate surface area is 71.8 Å². The van der Waals surface area contributed by atoms with Crippen LogP contribution in [0.25, 0.3) is 0 Å². The molecule has 12 heavy (non-hydrogen) atoms. The molecule has 1 N–H and O–H groups in total. The van der Waals surface area contributed by atoms with Gasteiger partial charge in [-0.25, -0.2) is 0 Å². The molecule has 3 nitrogen and oxygen atoms in total. The highest BCUT2D eigenvalue weighted by Gasteiger charge is 2.18. The van der Waals surface area contributed by atoms with E-state index in [0.29, 0.717) is 18.6 Å². The first kappa shape index (κ1) is 9.23. The van der Waals surface area contributed by atoms with E-state index in [0.717, 1.165) is 19.3 Å². The summed E-state index contributed by atoms with van der Waals surface area (Å²) in [5.74, 6) is -0.216. The van der Waals surface area contributed by atoms with Gasteiger partial charge < -0.3 is 5.11 Å². The van der Waals surface area contributed by atoms with E-state index >= 15 is 0 Å². The zero-order chi connectivity index (χ0) is 8.97. The van der Waals surface area contributed by atoms with Crippen molar-refractivity contribution in [3.05, 3.63) is 0 Å². The van der Waals surface area contributed by atoms with E-state index in [1.165, 1.54) is 0 Å². The molecule has 0 aromatic heterocycles. The van der Waals surface area contributed by atoms with Gasteiger partial charge in [0.2, 0.25) is 0 Å². The van der Waals surface area contributed by atoms with Crippen molar-refractivity contribution >= 4 is 11.8 Å². The summed E-state index contributed by atoms with van der Waals surface area (Å²) in [6.07, 6.45) is 4.00. The quantitative estimate of drug-likeness (QED) is 0.640. The van der Waals surface area contributed by atoms with Crippen molar-refractivity contribution in [1.29, 1.82) is 0 Å². The van der Waals surface area contributed by atoms with Crippen molar-refractivity contribution in [2.75, 3.05) is 0 Å². The Morgan fingerprint density at radius 2 is 2.17 bits per heavy atom. The Kier molecular flexibility index (Phi) is 3.26. The summed E-state index contributed by atoms with van der Waals surface area (Å²) in [7, 11) is 0. The van der Waals surface area contributed by atoms with Crippen LogP contribution in [0, 0.1) is 5.92 Å². The lowest BCUT2D eigenvalue weighted by atomic mass is 9.97. The molecule has 0 aliphatic heterocycles. The summed E-state index contributed by atoms with van der Waals surface area (Å²) in [5.41, 5.74) is 0. The molecule has 1 aliphatic rings. The first-order valence-electron chi connectivity index (χ1n) is 4.42. The van der Waals surface area contributed by atoms with Crippen LogP contribution in [0.4, 0.5) is 0 Å². The number of ketones is 1. The van der Waals surface area contributed by atoms with Crippen molar-refractivity contribution in [1.82, 2.24) is 0 Å². The molecular formula is C9H14O3. The maximum absolute atomic E-state index is 11.0. The third kappa shape index (κ3) is 3.03. The molecule has 0 radical (unpaired) electrons. The van der Waals surface area contributed by atoms with Crippen LogP contribution in [-0.2, 0) is 9.59 Å². The lowest BCUT2D eigenvalue weighted by Crippen LogP contribution is -2.06. The van der Waals surface area contributed by atoms with Gasteiger partial charge in [0.1, 0.15) is 5.78 Å². The van der Waals surface area contributed by atoms with E-state index in [2.05, 4.69) is 0 Å². The van der Waals surface area contributed by atoms with Gasteiger partial charge in [-0.1, -0.05) is 0 Å². The summed E-state index contributed by atoms with van der Waals surface area (Å²) in [4.78, 5) is 21.3. The van der Waals surface area contributed by atoms with Crippen LogP contribution in [0.1, 0.15) is 38.5 Å². The van der Waals surface area contributed by atoms with E-state index in [1.807, 2.05) is 0 Å². The van der Waals surface area contributed by atoms with E-state index in [4.69, 9.17) is 5.11 Å². The fourth-order valence-corrected chi connectivity index (χ4v) is 1.67. The molecule has 1 atom stereocenters. The standard InChI is InChI=1S/C9H14O3/c10-8-3-1-2-7(4-5-8)6-9(11)12/h7H,1-6H2,(H,11,12). The second-order valence-corrected chi connectivity index (χ2v) is 3.43. The number of rotatable bonds is 2. The second-order valence-electron chi connectivity index (χ2n) is 3.43. The highest BCUT2D eigenvalue weighted by atomic mass is 16.4. The molecule has 0 saturated heterocycles. The van der Waals surface area contributed by atoms with E-state index in [1.54, 1.807) is 0 Å². The fourth-order valence-electron chi connectivity index (χ4n) is 1.67. The second kappa shape index (κ2) is 4.24. The van der Waals surface area contributed by atoms with Crippen molar-refractivity contribution in [2.45, 2.75) is 38.5 Å². The molecule has 1 aliphatic carbocycles. The first-order valence-corrected chi connectivity index (χ1v) is 4.42. The highest BCUT2D eigenvalue weighted by molar-refractivity contribution is 5.78. The normalized spacial score (nSPS) is 25.0. The maximum Gasteiger partial charge on any atom is 0.303 e. The minimum absolute atomic E-state index is 0.229. The molecule has 68 valence electrons. The molecule has 1 unspecified atom stereocenters. The van der Waals surface area contributed by atoms with Crippen LogP contribution in [0.2, 0.25) is 0 Å². The minimum Gasteiger partial charge on any atom is -0.481 e. The number of carbonyl (C=O) groups excluding carboxylic acids is 1. The van der Waals surface area contributed by atoms with E-state index in [9.17, 15) is 9.59 Å². The zero-order valence-electron chi connectivity index (χ0n) is 7.08. The van der Waals surface area contributed by atoms with Crippen molar-refractivity contribution in [3.8, 4) is 0 Å². The number of hydrogen-bond acceptors (Lipinski definition) is 2. The average molecular weight is 170 g/mol. The molecule has 0 spiro atoms. The first-order chi connectivity index (χ1) is 5.68. The number of hydrogen-bond donors (Lipinski definition) is 1. The average Bonchev–Trinajstić information content (AvgIpc) is 2.15. The van der Waals surface area contributed by atoms with Crippen LogP contribution in [0.3, 0.4) is 0 Å². The van der Waals surface area contributed by atoms with Gasteiger partial charge in [0, 0.05) is 19.3 Å². The molecule has 3 heteroatoms. The Balaban J connectivity index is 2.35. The van der Waals surface area contributed by atoms with Gasteiger partial charge in [0.05, 0.1) is 0 Å². The van der Waals surface area contributed by atoms with Crippen molar-refractivity contribution in [2.24, 2.45) is 5.92 Å². The molecule has 0 bridgehead atoms. The lowest BCUT2D eigenvalue weighted by Gasteiger charge is -2.08. The molecule has 0 aromatic carbocycles. The molecule has 1 fully saturated rings. The van der Waals surface area contributed by atoms with E-state index < -0.39 is 5.97 Å². The van der Waals surface area contributed by atoms with Crippen molar-refractivity contribution in [3.63, 3.8) is 0 Å². The number of aliphatic carboxylic acids is 1. The van der Waals surface area contributed by atoms with Gasteiger partial charge in [0.25, 0.3) is 0 Å². The van der Waals surface area contributed by atoms with Gasteiger partial charge in [0.15, 0.2) is 0 Å². The van der Waals surface area contributed by atoms with Crippen LogP contribution in [-0.4, -0.2) is 16.9 Å². The summed E-state index contributed by atoms with van der Waals surface area (Å²) >= 11 is 0. The van der Waals surface area contributed by atoms with Gasteiger partial charge >= 0.3 is 5.97 Å². The summed E-state index contributed by atoms with van der Waals surface area (Å²) < 4.78 is 0. The van der Waals surface area contributed by atoms with Gasteiger partial charge in [-0.2, -0.15) is 0 Å².